The number of thiophene rings is 1. The van der Waals surface area contributed by atoms with Crippen LogP contribution in [0.5, 0.6) is 0 Å². The first-order valence-electron chi connectivity index (χ1n) is 26.7. The summed E-state index contributed by atoms with van der Waals surface area (Å²) < 4.78 is 10.1. The Morgan fingerprint density at radius 1 is 0.451 bits per heavy atom. The average Bonchev–Trinajstić information content (AvgIpc) is 3.92. The predicted octanol–water partition coefficient (Wildman–Crippen LogP) is 17.7. The van der Waals surface area contributed by atoms with Gasteiger partial charge in [-0.3, -0.25) is 0 Å². The van der Waals surface area contributed by atoms with Crippen molar-refractivity contribution in [2.75, 3.05) is 9.71 Å². The fraction of sp³-hybridized carbons (Fsp3) is 0.364. The second kappa shape index (κ2) is 14.0. The maximum Gasteiger partial charge on any atom is 0.333 e. The maximum atomic E-state index is 7.37. The summed E-state index contributed by atoms with van der Waals surface area (Å²) in [6.07, 6.45) is 7.00. The Labute approximate surface area is 425 Å². The number of hydrogen-bond donors (Lipinski definition) is 0. The molecule has 0 amide bonds. The van der Waals surface area contributed by atoms with Crippen LogP contribution >= 0.6 is 11.3 Å². The average molecular weight is 947 g/mol. The van der Waals surface area contributed by atoms with Crippen molar-refractivity contribution in [3.8, 4) is 11.1 Å². The molecule has 9 aromatic rings. The molecule has 0 saturated carbocycles. The largest absolute Gasteiger partial charge is 0.454 e. The van der Waals surface area contributed by atoms with Crippen molar-refractivity contribution in [2.45, 2.75) is 154 Å². The molecule has 5 aliphatic rings. The molecule has 0 atom stereocenters. The van der Waals surface area contributed by atoms with E-state index < -0.39 is 0 Å². The second-order valence-electron chi connectivity index (χ2n) is 26.4. The number of nitrogens with zero attached hydrogens (tertiary/aromatic N) is 2. The van der Waals surface area contributed by atoms with Gasteiger partial charge >= 0.3 is 6.85 Å². The molecule has 4 heterocycles. The van der Waals surface area contributed by atoms with E-state index in [0.717, 1.165) is 42.2 Å². The molecule has 3 nitrogen and oxygen atoms in total. The zero-order valence-corrected chi connectivity index (χ0v) is 44.8. The fourth-order valence-electron chi connectivity index (χ4n) is 14.5. The van der Waals surface area contributed by atoms with Gasteiger partial charge in [-0.15, -0.1) is 11.3 Å². The molecule has 0 N–H and O–H groups in total. The highest BCUT2D eigenvalue weighted by Crippen LogP contribution is 2.58. The summed E-state index contributed by atoms with van der Waals surface area (Å²) in [5.74, 6) is 0. The molecule has 0 unspecified atom stereocenters. The first-order chi connectivity index (χ1) is 33.7. The Morgan fingerprint density at radius 3 is 1.63 bits per heavy atom. The molecule has 71 heavy (non-hydrogen) atoms. The van der Waals surface area contributed by atoms with Gasteiger partial charge in [0.25, 0.3) is 0 Å². The van der Waals surface area contributed by atoms with Crippen molar-refractivity contribution in [3.63, 3.8) is 0 Å². The molecule has 2 aromatic heterocycles. The molecule has 14 rings (SSSR count). The molecule has 0 fully saturated rings. The van der Waals surface area contributed by atoms with Crippen LogP contribution in [0.2, 0.25) is 0 Å². The number of fused-ring (bicyclic) bond motifs is 15. The Balaban J connectivity index is 1.18. The van der Waals surface area contributed by atoms with E-state index in [9.17, 15) is 0 Å². The zero-order valence-electron chi connectivity index (χ0n) is 44.0. The molecular formula is C66H67BN2OS. The van der Waals surface area contributed by atoms with Crippen LogP contribution in [-0.4, -0.2) is 6.85 Å². The van der Waals surface area contributed by atoms with Crippen molar-refractivity contribution in [2.24, 2.45) is 0 Å². The van der Waals surface area contributed by atoms with Crippen molar-refractivity contribution in [3.05, 3.63) is 149 Å². The third-order valence-corrected chi connectivity index (χ3v) is 20.4. The van der Waals surface area contributed by atoms with Gasteiger partial charge in [0.1, 0.15) is 5.58 Å². The fourth-order valence-corrected chi connectivity index (χ4v) is 15.8. The Kier molecular flexibility index (Phi) is 8.69. The van der Waals surface area contributed by atoms with Gasteiger partial charge in [0, 0.05) is 48.9 Å². The lowest BCUT2D eigenvalue weighted by molar-refractivity contribution is 0.332. The molecule has 2 aliphatic heterocycles. The van der Waals surface area contributed by atoms with Gasteiger partial charge < -0.3 is 14.1 Å². The van der Waals surface area contributed by atoms with Crippen LogP contribution in [0, 0.1) is 0 Å². The number of para-hydroxylation sites is 1. The Hall–Kier alpha value is -5.78. The van der Waals surface area contributed by atoms with Gasteiger partial charge in [-0.2, -0.15) is 0 Å². The summed E-state index contributed by atoms with van der Waals surface area (Å²) in [5.41, 5.74) is 22.6. The Morgan fingerprint density at radius 2 is 0.986 bits per heavy atom. The van der Waals surface area contributed by atoms with E-state index in [-0.39, 0.29) is 39.3 Å². The highest BCUT2D eigenvalue weighted by Gasteiger charge is 2.51. The quantitative estimate of drug-likeness (QED) is 0.161. The van der Waals surface area contributed by atoms with Gasteiger partial charge in [-0.25, -0.2) is 0 Å². The van der Waals surface area contributed by atoms with Crippen LogP contribution in [0.1, 0.15) is 155 Å². The van der Waals surface area contributed by atoms with E-state index in [1.54, 1.807) is 0 Å². The van der Waals surface area contributed by atoms with E-state index in [1.807, 2.05) is 11.3 Å². The molecule has 7 aromatic carbocycles. The summed E-state index contributed by atoms with van der Waals surface area (Å²) in [5, 5.41) is 5.00. The normalized spacial score (nSPS) is 20.4. The van der Waals surface area contributed by atoms with Crippen LogP contribution in [0.4, 0.5) is 28.4 Å². The number of benzene rings is 7. The molecule has 5 heteroatoms. The summed E-state index contributed by atoms with van der Waals surface area (Å²) in [4.78, 5) is 5.51. The van der Waals surface area contributed by atoms with E-state index in [0.29, 0.717) is 0 Å². The van der Waals surface area contributed by atoms with E-state index in [1.165, 1.54) is 122 Å². The summed E-state index contributed by atoms with van der Waals surface area (Å²) in [7, 11) is 0. The SMILES string of the molecule is CC1(C)CCC(C)(C)c2cc(N3B4c5cc6c(cc5N(c5ccc7c(c5)C(C)(C)CCC7(C)C)c5c4c(cc4c5oc5ccccc54)-c4ccc5c(sc7ccccc75)c43)C(C)(C)CCC6(C)C)ccc21. The van der Waals surface area contributed by atoms with Crippen molar-refractivity contribution >= 4 is 99.7 Å². The predicted molar refractivity (Wildman–Crippen MR) is 306 cm³/mol. The standard InChI is InChI=1S/C66H67BN2OS/c1-61(2)27-29-63(5,6)48-33-38(21-25-46(48)61)68-53-37-51-50(65(9,10)31-32-66(51,11)12)36-52(53)67-56-44(35-45-40-17-13-15-19-54(40)70-59(45)58(56)68)42-23-24-43-41-18-14-16-20-55(41)71-60(43)57(42)69(67)39-22-26-47-49(34-39)64(7,8)30-28-62(47,3)4/h13-26,33-37H,27-32H2,1-12H3. The smallest absolute Gasteiger partial charge is 0.333 e. The van der Waals surface area contributed by atoms with Crippen molar-refractivity contribution in [1.29, 1.82) is 0 Å². The number of anilines is 5. The minimum Gasteiger partial charge on any atom is -0.454 e. The van der Waals surface area contributed by atoms with Crippen LogP contribution < -0.4 is 20.6 Å². The monoisotopic (exact) mass is 947 g/mol. The summed E-state index contributed by atoms with van der Waals surface area (Å²) in [6.45, 7) is 29.6. The van der Waals surface area contributed by atoms with Crippen molar-refractivity contribution < 1.29 is 4.42 Å². The first kappa shape index (κ1) is 44.0. The number of hydrogen-bond acceptors (Lipinski definition) is 4. The minimum atomic E-state index is -0.149. The minimum absolute atomic E-state index is 0.00317. The van der Waals surface area contributed by atoms with Gasteiger partial charge in [0.15, 0.2) is 5.58 Å². The third-order valence-electron chi connectivity index (χ3n) is 19.2. The molecular weight excluding hydrogens is 880 g/mol. The maximum absolute atomic E-state index is 7.37. The molecule has 0 bridgehead atoms. The van der Waals surface area contributed by atoms with Crippen LogP contribution in [0.15, 0.2) is 120 Å². The molecule has 3 aliphatic carbocycles. The molecule has 356 valence electrons. The van der Waals surface area contributed by atoms with E-state index in [4.69, 9.17) is 4.42 Å². The van der Waals surface area contributed by atoms with Gasteiger partial charge in [0.05, 0.1) is 16.1 Å². The Bertz CT molecular complexity index is 3820. The number of furan rings is 1. The van der Waals surface area contributed by atoms with Crippen LogP contribution in [0.25, 0.3) is 53.2 Å². The second-order valence-corrected chi connectivity index (χ2v) is 27.5. The van der Waals surface area contributed by atoms with E-state index in [2.05, 4.69) is 208 Å². The highest BCUT2D eigenvalue weighted by molar-refractivity contribution is 7.26. The van der Waals surface area contributed by atoms with Gasteiger partial charge in [0.2, 0.25) is 0 Å². The van der Waals surface area contributed by atoms with Crippen molar-refractivity contribution in [1.82, 2.24) is 0 Å². The van der Waals surface area contributed by atoms with Gasteiger partial charge in [-0.05, 0) is 169 Å². The third kappa shape index (κ3) is 5.96. The van der Waals surface area contributed by atoms with Crippen LogP contribution in [0.3, 0.4) is 0 Å². The first-order valence-corrected chi connectivity index (χ1v) is 27.5. The highest BCUT2D eigenvalue weighted by atomic mass is 32.1. The summed E-state index contributed by atoms with van der Waals surface area (Å²) >= 11 is 1.96. The van der Waals surface area contributed by atoms with E-state index >= 15 is 0 Å². The summed E-state index contributed by atoms with van der Waals surface area (Å²) in [6, 6.07) is 45.8. The van der Waals surface area contributed by atoms with Crippen LogP contribution in [-0.2, 0) is 32.5 Å². The molecule has 0 spiro atoms. The lowest BCUT2D eigenvalue weighted by atomic mass is 9.42. The topological polar surface area (TPSA) is 19.6 Å². The lowest BCUT2D eigenvalue weighted by Gasteiger charge is -2.49. The number of rotatable bonds is 2. The molecule has 0 radical (unpaired) electrons. The zero-order chi connectivity index (χ0) is 49.1. The molecule has 0 saturated heterocycles. The lowest BCUT2D eigenvalue weighted by Crippen LogP contribution is -2.62. The van der Waals surface area contributed by atoms with Gasteiger partial charge in [-0.1, -0.05) is 150 Å².